The summed E-state index contributed by atoms with van der Waals surface area (Å²) in [6.45, 7) is 0. The third-order valence-electron chi connectivity index (χ3n) is 3.67. The number of nitrogens with two attached hydrogens (primary N) is 1. The largest absolute Gasteiger partial charge is 0.481 e. The van der Waals surface area contributed by atoms with E-state index in [-0.39, 0.29) is 11.3 Å². The molecule has 0 aliphatic heterocycles. The maximum atomic E-state index is 13.3. The summed E-state index contributed by atoms with van der Waals surface area (Å²) in [6, 6.07) is 3.46. The van der Waals surface area contributed by atoms with Crippen molar-refractivity contribution in [2.24, 2.45) is 17.6 Å². The van der Waals surface area contributed by atoms with E-state index in [1.807, 2.05) is 0 Å². The zero-order chi connectivity index (χ0) is 15.6. The minimum atomic E-state index is -0.996. The van der Waals surface area contributed by atoms with Crippen LogP contribution < -0.4 is 11.1 Å². The Bertz CT molecular complexity index is 603. The van der Waals surface area contributed by atoms with Crippen molar-refractivity contribution in [2.45, 2.75) is 19.3 Å². The van der Waals surface area contributed by atoms with E-state index in [1.54, 1.807) is 0 Å². The summed E-state index contributed by atoms with van der Waals surface area (Å²) in [4.78, 5) is 34.2. The van der Waals surface area contributed by atoms with Gasteiger partial charge in [-0.25, -0.2) is 4.39 Å². The van der Waals surface area contributed by atoms with E-state index in [1.165, 1.54) is 6.07 Å². The van der Waals surface area contributed by atoms with Crippen molar-refractivity contribution < 1.29 is 23.9 Å². The molecule has 0 radical (unpaired) electrons. The first-order chi connectivity index (χ1) is 9.90. The summed E-state index contributed by atoms with van der Waals surface area (Å²) in [7, 11) is 0. The molecule has 1 aromatic rings. The van der Waals surface area contributed by atoms with Crippen LogP contribution in [0.3, 0.4) is 0 Å². The molecule has 0 saturated heterocycles. The number of hydrogen-bond acceptors (Lipinski definition) is 3. The lowest BCUT2D eigenvalue weighted by atomic mass is 9.95. The number of aliphatic carboxylic acids is 1. The fraction of sp³-hybridized carbons (Fsp3) is 0.357. The van der Waals surface area contributed by atoms with Crippen LogP contribution in [0.4, 0.5) is 10.1 Å². The van der Waals surface area contributed by atoms with Crippen LogP contribution >= 0.6 is 0 Å². The molecule has 1 saturated carbocycles. The lowest BCUT2D eigenvalue weighted by Gasteiger charge is -2.15. The predicted molar refractivity (Wildman–Crippen MR) is 72.0 cm³/mol. The molecule has 0 heterocycles. The number of anilines is 1. The number of nitrogens with one attached hydrogen (secondary N) is 1. The van der Waals surface area contributed by atoms with Crippen LogP contribution in [-0.2, 0) is 9.59 Å². The molecule has 4 N–H and O–H groups in total. The molecule has 0 aromatic heterocycles. The molecule has 6 nitrogen and oxygen atoms in total. The number of amides is 2. The topological polar surface area (TPSA) is 109 Å². The molecule has 2 unspecified atom stereocenters. The fourth-order valence-electron chi connectivity index (χ4n) is 2.60. The molecular formula is C14H15FN2O4. The van der Waals surface area contributed by atoms with Crippen LogP contribution in [0.15, 0.2) is 18.2 Å². The first-order valence-electron chi connectivity index (χ1n) is 6.53. The fourth-order valence-corrected chi connectivity index (χ4v) is 2.60. The standard InChI is InChI=1S/C14H15FN2O4/c15-11-5-4-7(6-10(11)12(16)18)17-13(19)8-2-1-3-9(8)14(20)21/h4-6,8-9H,1-3H2,(H2,16,18)(H,17,19)(H,20,21). The monoisotopic (exact) mass is 294 g/mol. The predicted octanol–water partition coefficient (Wildman–Crippen LogP) is 1.36. The van der Waals surface area contributed by atoms with Crippen molar-refractivity contribution in [3.8, 4) is 0 Å². The number of rotatable bonds is 4. The van der Waals surface area contributed by atoms with Crippen molar-refractivity contribution in [1.82, 2.24) is 0 Å². The molecule has 21 heavy (non-hydrogen) atoms. The van der Waals surface area contributed by atoms with Gasteiger partial charge in [-0.15, -0.1) is 0 Å². The molecule has 2 rings (SSSR count). The minimum Gasteiger partial charge on any atom is -0.481 e. The number of carboxylic acid groups (broad SMARTS) is 1. The van der Waals surface area contributed by atoms with E-state index in [4.69, 9.17) is 10.8 Å². The number of carbonyl (C=O) groups excluding carboxylic acids is 2. The summed E-state index contributed by atoms with van der Waals surface area (Å²) in [5, 5.41) is 11.6. The Morgan fingerprint density at radius 2 is 1.90 bits per heavy atom. The van der Waals surface area contributed by atoms with Crippen LogP contribution in [-0.4, -0.2) is 22.9 Å². The summed E-state index contributed by atoms with van der Waals surface area (Å²) in [5.41, 5.74) is 4.92. The van der Waals surface area contributed by atoms with E-state index in [2.05, 4.69) is 5.32 Å². The van der Waals surface area contributed by atoms with E-state index < -0.39 is 35.4 Å². The summed E-state index contributed by atoms with van der Waals surface area (Å²) in [6.07, 6.45) is 1.63. The van der Waals surface area contributed by atoms with Crippen molar-refractivity contribution in [2.75, 3.05) is 5.32 Å². The first kappa shape index (κ1) is 15.0. The number of halogens is 1. The summed E-state index contributed by atoms with van der Waals surface area (Å²) in [5.74, 6) is -4.48. The Balaban J connectivity index is 2.14. The lowest BCUT2D eigenvalue weighted by Crippen LogP contribution is -2.30. The third-order valence-corrected chi connectivity index (χ3v) is 3.67. The van der Waals surface area contributed by atoms with Crippen molar-refractivity contribution in [3.63, 3.8) is 0 Å². The van der Waals surface area contributed by atoms with Crippen molar-refractivity contribution in [1.29, 1.82) is 0 Å². The molecule has 0 spiro atoms. The van der Waals surface area contributed by atoms with Gasteiger partial charge in [-0.1, -0.05) is 6.42 Å². The van der Waals surface area contributed by atoms with Crippen LogP contribution in [0.25, 0.3) is 0 Å². The Kier molecular flexibility index (Phi) is 4.21. The van der Waals surface area contributed by atoms with E-state index >= 15 is 0 Å². The highest BCUT2D eigenvalue weighted by Gasteiger charge is 2.37. The zero-order valence-electron chi connectivity index (χ0n) is 11.1. The van der Waals surface area contributed by atoms with Gasteiger partial charge in [-0.05, 0) is 31.0 Å². The van der Waals surface area contributed by atoms with Gasteiger partial charge in [0.05, 0.1) is 17.4 Å². The van der Waals surface area contributed by atoms with E-state index in [0.717, 1.165) is 12.1 Å². The zero-order valence-corrected chi connectivity index (χ0v) is 11.1. The smallest absolute Gasteiger partial charge is 0.307 e. The number of benzene rings is 1. The number of primary amides is 1. The summed E-state index contributed by atoms with van der Waals surface area (Å²) >= 11 is 0. The van der Waals surface area contributed by atoms with Crippen LogP contribution in [0, 0.1) is 17.7 Å². The van der Waals surface area contributed by atoms with Gasteiger partial charge >= 0.3 is 5.97 Å². The van der Waals surface area contributed by atoms with Gasteiger partial charge in [0.15, 0.2) is 0 Å². The van der Waals surface area contributed by atoms with Crippen LogP contribution in [0.5, 0.6) is 0 Å². The van der Waals surface area contributed by atoms with Crippen molar-refractivity contribution in [3.05, 3.63) is 29.6 Å². The van der Waals surface area contributed by atoms with Gasteiger partial charge in [0.2, 0.25) is 5.91 Å². The second kappa shape index (κ2) is 5.90. The molecule has 2 amide bonds. The number of carbonyl (C=O) groups is 3. The quantitative estimate of drug-likeness (QED) is 0.778. The van der Waals surface area contributed by atoms with Gasteiger partial charge in [0.1, 0.15) is 5.82 Å². The average Bonchev–Trinajstić information content (AvgIpc) is 2.90. The SMILES string of the molecule is NC(=O)c1cc(NC(=O)C2CCCC2C(=O)O)ccc1F. The van der Waals surface area contributed by atoms with Gasteiger partial charge in [-0.2, -0.15) is 0 Å². The maximum Gasteiger partial charge on any atom is 0.307 e. The average molecular weight is 294 g/mol. The van der Waals surface area contributed by atoms with Crippen LogP contribution in [0.1, 0.15) is 29.6 Å². The molecule has 1 aliphatic carbocycles. The number of carboxylic acids is 1. The molecule has 112 valence electrons. The second-order valence-corrected chi connectivity index (χ2v) is 5.03. The molecule has 2 atom stereocenters. The minimum absolute atomic E-state index is 0.214. The Labute approximate surface area is 120 Å². The van der Waals surface area contributed by atoms with Gasteiger partial charge < -0.3 is 16.2 Å². The number of hydrogen-bond donors (Lipinski definition) is 3. The Morgan fingerprint density at radius 1 is 1.24 bits per heavy atom. The molecule has 7 heteroatoms. The normalized spacial score (nSPS) is 21.0. The highest BCUT2D eigenvalue weighted by atomic mass is 19.1. The molecule has 1 aromatic carbocycles. The maximum absolute atomic E-state index is 13.3. The van der Waals surface area contributed by atoms with Crippen molar-refractivity contribution >= 4 is 23.5 Å². The van der Waals surface area contributed by atoms with E-state index in [9.17, 15) is 18.8 Å². The Hall–Kier alpha value is -2.44. The third kappa shape index (κ3) is 3.18. The van der Waals surface area contributed by atoms with E-state index in [0.29, 0.717) is 19.3 Å². The van der Waals surface area contributed by atoms with Gasteiger partial charge in [0.25, 0.3) is 5.91 Å². The first-order valence-corrected chi connectivity index (χ1v) is 6.53. The molecule has 0 bridgehead atoms. The Morgan fingerprint density at radius 3 is 2.52 bits per heavy atom. The van der Waals surface area contributed by atoms with Gasteiger partial charge in [-0.3, -0.25) is 14.4 Å². The molecule has 1 aliphatic rings. The highest BCUT2D eigenvalue weighted by Crippen LogP contribution is 2.33. The lowest BCUT2D eigenvalue weighted by molar-refractivity contribution is -0.145. The molecule has 1 fully saturated rings. The van der Waals surface area contributed by atoms with Crippen LogP contribution in [0.2, 0.25) is 0 Å². The molecular weight excluding hydrogens is 279 g/mol. The van der Waals surface area contributed by atoms with Gasteiger partial charge in [0, 0.05) is 5.69 Å². The highest BCUT2D eigenvalue weighted by molar-refractivity contribution is 5.98. The second-order valence-electron chi connectivity index (χ2n) is 5.03. The summed E-state index contributed by atoms with van der Waals surface area (Å²) < 4.78 is 13.3.